The van der Waals surface area contributed by atoms with E-state index in [-0.39, 0.29) is 11.9 Å². The Balaban J connectivity index is 1.67. The van der Waals surface area contributed by atoms with E-state index in [1.165, 1.54) is 45.2 Å². The van der Waals surface area contributed by atoms with E-state index >= 15 is 0 Å². The monoisotopic (exact) mass is 281 g/mol. The summed E-state index contributed by atoms with van der Waals surface area (Å²) in [7, 11) is 0. The summed E-state index contributed by atoms with van der Waals surface area (Å²) < 4.78 is 0. The van der Waals surface area contributed by atoms with Crippen LogP contribution in [0.15, 0.2) is 0 Å². The minimum absolute atomic E-state index is 0.209. The molecular formula is C16H31N3O. The number of likely N-dealkylation sites (tertiary alicyclic amines) is 1. The molecule has 0 saturated carbocycles. The number of nitrogens with one attached hydrogen (secondary N) is 2. The molecule has 2 heterocycles. The van der Waals surface area contributed by atoms with Crippen molar-refractivity contribution in [1.29, 1.82) is 0 Å². The Morgan fingerprint density at radius 2 is 2.05 bits per heavy atom. The van der Waals surface area contributed by atoms with E-state index in [4.69, 9.17) is 0 Å². The normalized spacial score (nSPS) is 29.9. The first-order chi connectivity index (χ1) is 9.65. The van der Waals surface area contributed by atoms with Gasteiger partial charge in [0.05, 0.1) is 0 Å². The van der Waals surface area contributed by atoms with Crippen LogP contribution in [0.5, 0.6) is 0 Å². The van der Waals surface area contributed by atoms with Gasteiger partial charge in [-0.3, -0.25) is 4.79 Å². The van der Waals surface area contributed by atoms with Gasteiger partial charge in [-0.2, -0.15) is 0 Å². The predicted molar refractivity (Wildman–Crippen MR) is 82.7 cm³/mol. The number of carbonyl (C=O) groups excluding carboxylic acids is 1. The van der Waals surface area contributed by atoms with Gasteiger partial charge in [-0.05, 0) is 58.2 Å². The predicted octanol–water partition coefficient (Wildman–Crippen LogP) is 1.76. The van der Waals surface area contributed by atoms with Crippen LogP contribution in [-0.2, 0) is 4.79 Å². The number of amides is 1. The van der Waals surface area contributed by atoms with Crippen molar-refractivity contribution in [2.24, 2.45) is 5.92 Å². The van der Waals surface area contributed by atoms with Crippen LogP contribution >= 0.6 is 0 Å². The first kappa shape index (κ1) is 15.8. The summed E-state index contributed by atoms with van der Waals surface area (Å²) >= 11 is 0. The van der Waals surface area contributed by atoms with Crippen LogP contribution in [0.4, 0.5) is 0 Å². The number of carbonyl (C=O) groups is 1. The van der Waals surface area contributed by atoms with Crippen LogP contribution in [0.25, 0.3) is 0 Å². The molecule has 3 atom stereocenters. The van der Waals surface area contributed by atoms with Gasteiger partial charge in [0.15, 0.2) is 0 Å². The molecule has 20 heavy (non-hydrogen) atoms. The molecule has 0 spiro atoms. The number of piperidine rings is 2. The highest BCUT2D eigenvalue weighted by molar-refractivity contribution is 5.76. The van der Waals surface area contributed by atoms with Gasteiger partial charge in [0.2, 0.25) is 5.91 Å². The van der Waals surface area contributed by atoms with Crippen LogP contribution in [0.1, 0.15) is 52.4 Å². The second kappa shape index (κ2) is 7.99. The summed E-state index contributed by atoms with van der Waals surface area (Å²) in [6, 6.07) is 0.630. The lowest BCUT2D eigenvalue weighted by Crippen LogP contribution is -2.47. The Labute approximate surface area is 123 Å². The molecule has 0 aromatic rings. The Morgan fingerprint density at radius 1 is 1.30 bits per heavy atom. The van der Waals surface area contributed by atoms with Gasteiger partial charge in [0.1, 0.15) is 0 Å². The molecule has 2 fully saturated rings. The Hall–Kier alpha value is -0.610. The minimum atomic E-state index is 0.209. The summed E-state index contributed by atoms with van der Waals surface area (Å²) in [5, 5.41) is 6.66. The summed E-state index contributed by atoms with van der Waals surface area (Å²) in [6.07, 6.45) is 7.10. The van der Waals surface area contributed by atoms with Gasteiger partial charge in [0.25, 0.3) is 0 Å². The van der Waals surface area contributed by atoms with Crippen molar-refractivity contribution in [3.63, 3.8) is 0 Å². The third-order valence-corrected chi connectivity index (χ3v) is 4.72. The molecule has 0 aromatic heterocycles. The highest BCUT2D eigenvalue weighted by Crippen LogP contribution is 2.18. The highest BCUT2D eigenvalue weighted by Gasteiger charge is 2.24. The lowest BCUT2D eigenvalue weighted by atomic mass is 9.90. The van der Waals surface area contributed by atoms with E-state index in [0.29, 0.717) is 18.4 Å². The average molecular weight is 281 g/mol. The molecule has 2 N–H and O–H groups in total. The van der Waals surface area contributed by atoms with Crippen LogP contribution in [0.2, 0.25) is 0 Å². The summed E-state index contributed by atoms with van der Waals surface area (Å²) in [5.74, 6) is 0.827. The molecule has 0 aliphatic carbocycles. The van der Waals surface area contributed by atoms with E-state index in [9.17, 15) is 4.79 Å². The standard InChI is InChI=1S/C16H31N3O/c1-13-7-6-8-17-15(13)11-16(20)18-14(2)12-19-9-4-3-5-10-19/h13-15,17H,3-12H2,1-2H3,(H,18,20). The SMILES string of the molecule is CC(CN1CCCCC1)NC(=O)CC1NCCCC1C. The number of nitrogens with zero attached hydrogens (tertiary/aromatic N) is 1. The fraction of sp³-hybridized carbons (Fsp3) is 0.938. The summed E-state index contributed by atoms with van der Waals surface area (Å²) in [6.45, 7) is 8.83. The Bertz CT molecular complexity index is 302. The van der Waals surface area contributed by atoms with Crippen molar-refractivity contribution >= 4 is 5.91 Å². The molecule has 2 aliphatic heterocycles. The smallest absolute Gasteiger partial charge is 0.221 e. The molecule has 0 radical (unpaired) electrons. The van der Waals surface area contributed by atoms with E-state index in [1.807, 2.05) is 0 Å². The fourth-order valence-electron chi connectivity index (χ4n) is 3.50. The molecule has 2 saturated heterocycles. The maximum atomic E-state index is 12.1. The van der Waals surface area contributed by atoms with Gasteiger partial charge in [-0.1, -0.05) is 13.3 Å². The van der Waals surface area contributed by atoms with Crippen molar-refractivity contribution in [3.05, 3.63) is 0 Å². The lowest BCUT2D eigenvalue weighted by Gasteiger charge is -2.31. The first-order valence-electron chi connectivity index (χ1n) is 8.40. The largest absolute Gasteiger partial charge is 0.352 e. The van der Waals surface area contributed by atoms with Crippen LogP contribution in [0, 0.1) is 5.92 Å². The zero-order valence-electron chi connectivity index (χ0n) is 13.2. The Kier molecular flexibility index (Phi) is 6.30. The molecule has 0 aromatic carbocycles. The van der Waals surface area contributed by atoms with Crippen molar-refractivity contribution in [2.45, 2.75) is 64.5 Å². The second-order valence-electron chi connectivity index (χ2n) is 6.71. The maximum absolute atomic E-state index is 12.1. The third-order valence-electron chi connectivity index (χ3n) is 4.72. The lowest BCUT2D eigenvalue weighted by molar-refractivity contribution is -0.122. The van der Waals surface area contributed by atoms with Crippen LogP contribution < -0.4 is 10.6 Å². The van der Waals surface area contributed by atoms with Crippen LogP contribution in [0.3, 0.4) is 0 Å². The molecule has 3 unspecified atom stereocenters. The quantitative estimate of drug-likeness (QED) is 0.807. The fourth-order valence-corrected chi connectivity index (χ4v) is 3.50. The van der Waals surface area contributed by atoms with Crippen molar-refractivity contribution in [2.75, 3.05) is 26.2 Å². The van der Waals surface area contributed by atoms with Gasteiger partial charge >= 0.3 is 0 Å². The minimum Gasteiger partial charge on any atom is -0.352 e. The first-order valence-corrected chi connectivity index (χ1v) is 8.40. The average Bonchev–Trinajstić information content (AvgIpc) is 2.42. The van der Waals surface area contributed by atoms with E-state index in [1.54, 1.807) is 0 Å². The van der Waals surface area contributed by atoms with Crippen LogP contribution in [-0.4, -0.2) is 49.1 Å². The van der Waals surface area contributed by atoms with E-state index < -0.39 is 0 Å². The van der Waals surface area contributed by atoms with Gasteiger partial charge in [0, 0.05) is 25.0 Å². The summed E-state index contributed by atoms with van der Waals surface area (Å²) in [5.41, 5.74) is 0. The zero-order valence-corrected chi connectivity index (χ0v) is 13.2. The molecule has 1 amide bonds. The molecule has 0 bridgehead atoms. The maximum Gasteiger partial charge on any atom is 0.221 e. The van der Waals surface area contributed by atoms with Gasteiger partial charge in [-0.25, -0.2) is 0 Å². The molecule has 4 heteroatoms. The Morgan fingerprint density at radius 3 is 2.75 bits per heavy atom. The van der Waals surface area contributed by atoms with Crippen molar-refractivity contribution in [1.82, 2.24) is 15.5 Å². The second-order valence-corrected chi connectivity index (χ2v) is 6.71. The molecule has 4 nitrogen and oxygen atoms in total. The van der Waals surface area contributed by atoms with Crippen molar-refractivity contribution < 1.29 is 4.79 Å². The molecule has 2 aliphatic rings. The van der Waals surface area contributed by atoms with Gasteiger partial charge < -0.3 is 15.5 Å². The number of rotatable bonds is 5. The highest BCUT2D eigenvalue weighted by atomic mass is 16.1. The number of hydrogen-bond acceptors (Lipinski definition) is 3. The number of hydrogen-bond donors (Lipinski definition) is 2. The van der Waals surface area contributed by atoms with E-state index in [2.05, 4.69) is 29.4 Å². The van der Waals surface area contributed by atoms with Gasteiger partial charge in [-0.15, -0.1) is 0 Å². The zero-order chi connectivity index (χ0) is 14.4. The third kappa shape index (κ3) is 5.06. The van der Waals surface area contributed by atoms with Crippen molar-refractivity contribution in [3.8, 4) is 0 Å². The van der Waals surface area contributed by atoms with E-state index in [0.717, 1.165) is 13.1 Å². The topological polar surface area (TPSA) is 44.4 Å². The molecule has 2 rings (SSSR count). The molecule has 116 valence electrons. The summed E-state index contributed by atoms with van der Waals surface area (Å²) in [4.78, 5) is 14.6. The molecular weight excluding hydrogens is 250 g/mol.